The lowest BCUT2D eigenvalue weighted by Gasteiger charge is -2.07. The Morgan fingerprint density at radius 1 is 1.19 bits per heavy atom. The van der Waals surface area contributed by atoms with E-state index in [1.165, 1.54) is 11.3 Å². The summed E-state index contributed by atoms with van der Waals surface area (Å²) in [6.07, 6.45) is 4.03. The Labute approximate surface area is 189 Å². The first-order valence-electron chi connectivity index (χ1n) is 10.4. The number of hydrogen-bond donors (Lipinski definition) is 0. The van der Waals surface area contributed by atoms with Crippen molar-refractivity contribution >= 4 is 40.1 Å². The summed E-state index contributed by atoms with van der Waals surface area (Å²) in [5, 5.41) is 2.99. The molecule has 1 aliphatic heterocycles. The lowest BCUT2D eigenvalue weighted by atomic mass is 10.0. The van der Waals surface area contributed by atoms with Gasteiger partial charge in [0.25, 0.3) is 0 Å². The summed E-state index contributed by atoms with van der Waals surface area (Å²) in [6, 6.07) is 15.2. The third-order valence-corrected chi connectivity index (χ3v) is 6.40. The van der Waals surface area contributed by atoms with Gasteiger partial charge in [-0.25, -0.2) is 0 Å². The van der Waals surface area contributed by atoms with Crippen molar-refractivity contribution in [2.75, 3.05) is 0 Å². The van der Waals surface area contributed by atoms with Gasteiger partial charge < -0.3 is 14.0 Å². The molecule has 0 fully saturated rings. The number of allylic oxidation sites excluding steroid dienone is 1. The molecule has 4 aromatic rings. The zero-order valence-electron chi connectivity index (χ0n) is 17.8. The lowest BCUT2D eigenvalue weighted by molar-refractivity contribution is -0.133. The molecular formula is C26H21NO4S. The number of ketones is 1. The first-order chi connectivity index (χ1) is 15.5. The van der Waals surface area contributed by atoms with Gasteiger partial charge in [0.1, 0.15) is 11.5 Å². The number of rotatable bonds is 5. The molecule has 3 heterocycles. The second-order valence-corrected chi connectivity index (χ2v) is 8.70. The first kappa shape index (κ1) is 20.3. The molecular weight excluding hydrogens is 422 g/mol. The van der Waals surface area contributed by atoms with Gasteiger partial charge in [-0.3, -0.25) is 9.59 Å². The molecule has 0 spiro atoms. The number of ether oxygens (including phenoxy) is 2. The highest BCUT2D eigenvalue weighted by molar-refractivity contribution is 7.10. The highest BCUT2D eigenvalue weighted by Gasteiger charge is 2.30. The van der Waals surface area contributed by atoms with Gasteiger partial charge in [0.05, 0.1) is 12.0 Å². The number of Topliss-reactive ketones (excluding diaryl/α,β-unsaturated/α-hetero) is 1. The molecule has 5 rings (SSSR count). The summed E-state index contributed by atoms with van der Waals surface area (Å²) in [5.74, 6) is 0.546. The number of carbonyl (C=O) groups is 2. The van der Waals surface area contributed by atoms with Crippen LogP contribution in [0.4, 0.5) is 0 Å². The van der Waals surface area contributed by atoms with Crippen LogP contribution in [0.25, 0.3) is 17.0 Å². The Bertz CT molecular complexity index is 1380. The summed E-state index contributed by atoms with van der Waals surface area (Å²) in [5.41, 5.74) is 3.26. The average molecular weight is 444 g/mol. The molecule has 2 aromatic heterocycles. The summed E-state index contributed by atoms with van der Waals surface area (Å²) in [7, 11) is 0. The predicted molar refractivity (Wildman–Crippen MR) is 125 cm³/mol. The zero-order valence-corrected chi connectivity index (χ0v) is 18.6. The van der Waals surface area contributed by atoms with Crippen LogP contribution in [-0.4, -0.2) is 16.3 Å². The summed E-state index contributed by atoms with van der Waals surface area (Å²) < 4.78 is 13.6. The van der Waals surface area contributed by atoms with E-state index in [4.69, 9.17) is 9.47 Å². The number of benzene rings is 2. The van der Waals surface area contributed by atoms with Crippen LogP contribution in [-0.2, 0) is 17.8 Å². The number of carbonyl (C=O) groups excluding carboxylic acids is 2. The monoisotopic (exact) mass is 443 g/mol. The van der Waals surface area contributed by atoms with E-state index in [0.717, 1.165) is 27.9 Å². The third kappa shape index (κ3) is 3.63. The second kappa shape index (κ2) is 8.13. The van der Waals surface area contributed by atoms with Crippen molar-refractivity contribution in [1.29, 1.82) is 0 Å². The van der Waals surface area contributed by atoms with E-state index >= 15 is 0 Å². The number of esters is 1. The van der Waals surface area contributed by atoms with Crippen LogP contribution in [0.3, 0.4) is 0 Å². The maximum Gasteiger partial charge on any atom is 0.316 e. The van der Waals surface area contributed by atoms with Crippen molar-refractivity contribution in [1.82, 2.24) is 4.57 Å². The summed E-state index contributed by atoms with van der Waals surface area (Å²) in [6.45, 7) is 4.74. The molecule has 0 atom stereocenters. The molecule has 0 N–H and O–H groups in total. The van der Waals surface area contributed by atoms with Gasteiger partial charge in [-0.05, 0) is 49.1 Å². The van der Waals surface area contributed by atoms with E-state index in [9.17, 15) is 9.59 Å². The van der Waals surface area contributed by atoms with Crippen molar-refractivity contribution in [3.8, 4) is 11.5 Å². The SMILES string of the molecule is CCn1cc(/C=C2\Oc3cc(OC(=O)Cc4cccs4)cc(C)c3C2=O)c2ccccc21. The van der Waals surface area contributed by atoms with Gasteiger partial charge in [0.2, 0.25) is 5.78 Å². The number of para-hydroxylation sites is 1. The van der Waals surface area contributed by atoms with E-state index in [0.29, 0.717) is 22.6 Å². The standard InChI is InChI=1S/C26H21NO4S/c1-3-27-15-17(20-8-4-5-9-21(20)27)12-23-26(29)25-16(2)11-18(13-22(25)31-23)30-24(28)14-19-7-6-10-32-19/h4-13,15H,3,14H2,1-2H3/b23-12-. The van der Waals surface area contributed by atoms with Gasteiger partial charge in [0, 0.05) is 40.2 Å². The van der Waals surface area contributed by atoms with Crippen LogP contribution in [0.15, 0.2) is 65.9 Å². The quantitative estimate of drug-likeness (QED) is 0.222. The van der Waals surface area contributed by atoms with E-state index in [1.54, 1.807) is 18.2 Å². The Kier molecular flexibility index (Phi) is 5.15. The molecule has 0 aliphatic carbocycles. The molecule has 0 saturated heterocycles. The summed E-state index contributed by atoms with van der Waals surface area (Å²) in [4.78, 5) is 26.3. The average Bonchev–Trinajstić information content (AvgIpc) is 3.47. The fourth-order valence-electron chi connectivity index (χ4n) is 4.05. The number of thiophene rings is 1. The fourth-order valence-corrected chi connectivity index (χ4v) is 4.74. The van der Waals surface area contributed by atoms with Gasteiger partial charge in [-0.15, -0.1) is 11.3 Å². The fraction of sp³-hybridized carbons (Fsp3) is 0.154. The van der Waals surface area contributed by atoms with Gasteiger partial charge in [-0.2, -0.15) is 0 Å². The number of aryl methyl sites for hydroxylation is 2. The highest BCUT2D eigenvalue weighted by atomic mass is 32.1. The topological polar surface area (TPSA) is 57.5 Å². The largest absolute Gasteiger partial charge is 0.452 e. The molecule has 0 amide bonds. The molecule has 0 bridgehead atoms. The van der Waals surface area contributed by atoms with Crippen molar-refractivity contribution in [3.05, 3.63) is 87.4 Å². The molecule has 0 radical (unpaired) electrons. The number of nitrogens with zero attached hydrogens (tertiary/aromatic N) is 1. The van der Waals surface area contributed by atoms with Gasteiger partial charge >= 0.3 is 5.97 Å². The maximum atomic E-state index is 13.1. The highest BCUT2D eigenvalue weighted by Crippen LogP contribution is 2.38. The maximum absolute atomic E-state index is 13.1. The van der Waals surface area contributed by atoms with Gasteiger partial charge in [-0.1, -0.05) is 24.3 Å². The van der Waals surface area contributed by atoms with Crippen molar-refractivity contribution in [3.63, 3.8) is 0 Å². The smallest absolute Gasteiger partial charge is 0.316 e. The zero-order chi connectivity index (χ0) is 22.2. The Balaban J connectivity index is 1.43. The predicted octanol–water partition coefficient (Wildman–Crippen LogP) is 5.80. The van der Waals surface area contributed by atoms with Crippen LogP contribution in [0.1, 0.15) is 33.3 Å². The minimum Gasteiger partial charge on any atom is -0.452 e. The Morgan fingerprint density at radius 2 is 2.03 bits per heavy atom. The number of aromatic nitrogens is 1. The lowest BCUT2D eigenvalue weighted by Crippen LogP contribution is -2.10. The normalized spacial score (nSPS) is 14.1. The second-order valence-electron chi connectivity index (χ2n) is 7.67. The van der Waals surface area contributed by atoms with Crippen molar-refractivity contribution in [2.45, 2.75) is 26.8 Å². The van der Waals surface area contributed by atoms with Crippen LogP contribution in [0.5, 0.6) is 11.5 Å². The molecule has 0 saturated carbocycles. The van der Waals surface area contributed by atoms with Crippen LogP contribution in [0, 0.1) is 6.92 Å². The molecule has 160 valence electrons. The first-order valence-corrected chi connectivity index (χ1v) is 11.3. The molecule has 32 heavy (non-hydrogen) atoms. The molecule has 0 unspecified atom stereocenters. The van der Waals surface area contributed by atoms with E-state index < -0.39 is 0 Å². The Hall–Kier alpha value is -3.64. The molecule has 1 aliphatic rings. The minimum absolute atomic E-state index is 0.165. The molecule has 6 heteroatoms. The van der Waals surface area contributed by atoms with Crippen LogP contribution >= 0.6 is 11.3 Å². The summed E-state index contributed by atoms with van der Waals surface area (Å²) >= 11 is 1.51. The number of hydrogen-bond acceptors (Lipinski definition) is 5. The van der Waals surface area contributed by atoms with E-state index in [2.05, 4.69) is 17.6 Å². The van der Waals surface area contributed by atoms with Crippen LogP contribution in [0.2, 0.25) is 0 Å². The van der Waals surface area contributed by atoms with Crippen molar-refractivity contribution < 1.29 is 19.1 Å². The Morgan fingerprint density at radius 3 is 2.81 bits per heavy atom. The van der Waals surface area contributed by atoms with Crippen molar-refractivity contribution in [2.24, 2.45) is 0 Å². The minimum atomic E-state index is -0.348. The third-order valence-electron chi connectivity index (χ3n) is 5.52. The molecule has 2 aromatic carbocycles. The number of fused-ring (bicyclic) bond motifs is 2. The van der Waals surface area contributed by atoms with Crippen LogP contribution < -0.4 is 9.47 Å². The van der Waals surface area contributed by atoms with Gasteiger partial charge in [0.15, 0.2) is 5.76 Å². The van der Waals surface area contributed by atoms with E-state index in [1.807, 2.05) is 48.8 Å². The van der Waals surface area contributed by atoms with E-state index in [-0.39, 0.29) is 23.9 Å². The molecule has 5 nitrogen and oxygen atoms in total.